The quantitative estimate of drug-likeness (QED) is 0.613. The average molecular weight is 346 g/mol. The smallest absolute Gasteiger partial charge is 0.254 e. The van der Waals surface area contributed by atoms with Crippen LogP contribution in [0.3, 0.4) is 0 Å². The summed E-state index contributed by atoms with van der Waals surface area (Å²) in [5, 5.41) is 6.05. The fraction of sp³-hybridized carbons (Fsp3) is 0.190. The van der Waals surface area contributed by atoms with Crippen LogP contribution in [0.1, 0.15) is 27.9 Å². The van der Waals surface area contributed by atoms with E-state index in [1.54, 1.807) is 12.4 Å². The number of carbonyl (C=O) groups excluding carboxylic acids is 1. The molecule has 5 heteroatoms. The molecule has 0 unspecified atom stereocenters. The molecule has 0 radical (unpaired) electrons. The standard InChI is InChI=1S/C21H22N4O/c26-20(22-13-7-12-17-8-3-1-4-9-17)19-15-24-21(25-16-19)23-14-18-10-5-2-6-11-18/h1-6,8-11,15-16H,7,12-14H2,(H,22,26)(H,23,24,25). The molecule has 0 saturated carbocycles. The minimum Gasteiger partial charge on any atom is -0.352 e. The fourth-order valence-electron chi connectivity index (χ4n) is 2.55. The van der Waals surface area contributed by atoms with Gasteiger partial charge in [0.1, 0.15) is 0 Å². The summed E-state index contributed by atoms with van der Waals surface area (Å²) < 4.78 is 0. The summed E-state index contributed by atoms with van der Waals surface area (Å²) in [5.41, 5.74) is 2.89. The van der Waals surface area contributed by atoms with Gasteiger partial charge >= 0.3 is 0 Å². The van der Waals surface area contributed by atoms with E-state index in [1.807, 2.05) is 48.5 Å². The fourth-order valence-corrected chi connectivity index (χ4v) is 2.55. The first kappa shape index (κ1) is 17.6. The molecule has 0 aliphatic rings. The van der Waals surface area contributed by atoms with Gasteiger partial charge in [0.25, 0.3) is 5.91 Å². The molecule has 3 aromatic rings. The lowest BCUT2D eigenvalue weighted by Gasteiger charge is -2.07. The maximum Gasteiger partial charge on any atom is 0.254 e. The number of carbonyl (C=O) groups is 1. The summed E-state index contributed by atoms with van der Waals surface area (Å²) in [6.07, 6.45) is 4.94. The molecule has 1 aromatic heterocycles. The Balaban J connectivity index is 1.41. The molecule has 0 aliphatic heterocycles. The van der Waals surface area contributed by atoms with Crippen molar-refractivity contribution in [2.45, 2.75) is 19.4 Å². The second-order valence-electron chi connectivity index (χ2n) is 5.98. The highest BCUT2D eigenvalue weighted by Gasteiger charge is 2.06. The number of hydrogen-bond donors (Lipinski definition) is 2. The molecule has 0 spiro atoms. The molecule has 26 heavy (non-hydrogen) atoms. The van der Waals surface area contributed by atoms with Gasteiger partial charge in [-0.1, -0.05) is 60.7 Å². The van der Waals surface area contributed by atoms with Crippen molar-refractivity contribution in [3.63, 3.8) is 0 Å². The summed E-state index contributed by atoms with van der Waals surface area (Å²) in [6, 6.07) is 20.3. The van der Waals surface area contributed by atoms with Crippen LogP contribution >= 0.6 is 0 Å². The highest BCUT2D eigenvalue weighted by molar-refractivity contribution is 5.93. The Bertz CT molecular complexity index is 804. The van der Waals surface area contributed by atoms with Crippen molar-refractivity contribution in [1.29, 1.82) is 0 Å². The van der Waals surface area contributed by atoms with Gasteiger partial charge in [-0.25, -0.2) is 9.97 Å². The first-order chi connectivity index (χ1) is 12.8. The van der Waals surface area contributed by atoms with Crippen molar-refractivity contribution >= 4 is 11.9 Å². The number of amides is 1. The van der Waals surface area contributed by atoms with Crippen molar-refractivity contribution in [3.05, 3.63) is 89.7 Å². The highest BCUT2D eigenvalue weighted by atomic mass is 16.1. The molecule has 2 aromatic carbocycles. The van der Waals surface area contributed by atoms with Crippen LogP contribution < -0.4 is 10.6 Å². The Morgan fingerprint density at radius 2 is 1.46 bits per heavy atom. The Hall–Kier alpha value is -3.21. The molecule has 2 N–H and O–H groups in total. The highest BCUT2D eigenvalue weighted by Crippen LogP contribution is 2.05. The normalized spacial score (nSPS) is 10.3. The van der Waals surface area contributed by atoms with Crippen LogP contribution in [-0.4, -0.2) is 22.4 Å². The maximum atomic E-state index is 12.1. The van der Waals surface area contributed by atoms with E-state index in [1.165, 1.54) is 5.56 Å². The van der Waals surface area contributed by atoms with Crippen molar-refractivity contribution in [3.8, 4) is 0 Å². The topological polar surface area (TPSA) is 66.9 Å². The zero-order valence-electron chi connectivity index (χ0n) is 14.6. The lowest BCUT2D eigenvalue weighted by Crippen LogP contribution is -2.25. The van der Waals surface area contributed by atoms with Gasteiger partial charge in [0.15, 0.2) is 0 Å². The molecule has 3 rings (SSSR count). The van der Waals surface area contributed by atoms with Crippen molar-refractivity contribution in [2.24, 2.45) is 0 Å². The van der Waals surface area contributed by atoms with E-state index in [0.29, 0.717) is 24.6 Å². The molecule has 0 atom stereocenters. The van der Waals surface area contributed by atoms with Crippen LogP contribution in [0.15, 0.2) is 73.1 Å². The molecule has 1 amide bonds. The third-order valence-corrected chi connectivity index (χ3v) is 3.98. The van der Waals surface area contributed by atoms with Gasteiger partial charge in [0, 0.05) is 25.5 Å². The third kappa shape index (κ3) is 5.41. The van der Waals surface area contributed by atoms with Gasteiger partial charge in [0.2, 0.25) is 5.95 Å². The number of hydrogen-bond acceptors (Lipinski definition) is 4. The largest absolute Gasteiger partial charge is 0.352 e. The Morgan fingerprint density at radius 1 is 0.846 bits per heavy atom. The Kier molecular flexibility index (Phi) is 6.31. The molecule has 132 valence electrons. The first-order valence-corrected chi connectivity index (χ1v) is 8.73. The van der Waals surface area contributed by atoms with E-state index >= 15 is 0 Å². The maximum absolute atomic E-state index is 12.1. The molecule has 5 nitrogen and oxygen atoms in total. The van der Waals surface area contributed by atoms with Crippen LogP contribution in [0.5, 0.6) is 0 Å². The lowest BCUT2D eigenvalue weighted by atomic mass is 10.1. The molecule has 0 aliphatic carbocycles. The zero-order valence-corrected chi connectivity index (χ0v) is 14.6. The summed E-state index contributed by atoms with van der Waals surface area (Å²) in [5.74, 6) is 0.363. The minimum absolute atomic E-state index is 0.146. The van der Waals surface area contributed by atoms with E-state index in [4.69, 9.17) is 0 Å². The van der Waals surface area contributed by atoms with E-state index < -0.39 is 0 Å². The van der Waals surface area contributed by atoms with Crippen molar-refractivity contribution in [2.75, 3.05) is 11.9 Å². The monoisotopic (exact) mass is 346 g/mol. The zero-order chi connectivity index (χ0) is 18.0. The van der Waals surface area contributed by atoms with Crippen LogP contribution in [-0.2, 0) is 13.0 Å². The number of nitrogens with one attached hydrogen (secondary N) is 2. The second-order valence-corrected chi connectivity index (χ2v) is 5.98. The Morgan fingerprint density at radius 3 is 2.12 bits per heavy atom. The van der Waals surface area contributed by atoms with E-state index in [0.717, 1.165) is 18.4 Å². The van der Waals surface area contributed by atoms with Gasteiger partial charge in [0.05, 0.1) is 5.56 Å². The van der Waals surface area contributed by atoms with Crippen LogP contribution in [0.25, 0.3) is 0 Å². The number of nitrogens with zero attached hydrogens (tertiary/aromatic N) is 2. The van der Waals surface area contributed by atoms with Gasteiger partial charge in [-0.3, -0.25) is 4.79 Å². The van der Waals surface area contributed by atoms with Crippen LogP contribution in [0, 0.1) is 0 Å². The van der Waals surface area contributed by atoms with Crippen LogP contribution in [0.4, 0.5) is 5.95 Å². The number of benzene rings is 2. The number of aromatic nitrogens is 2. The molecule has 1 heterocycles. The van der Waals surface area contributed by atoms with Gasteiger partial charge < -0.3 is 10.6 Å². The summed E-state index contributed by atoms with van der Waals surface area (Å²) in [4.78, 5) is 20.6. The van der Waals surface area contributed by atoms with Gasteiger partial charge in [-0.05, 0) is 24.0 Å². The third-order valence-electron chi connectivity index (χ3n) is 3.98. The number of anilines is 1. The summed E-state index contributed by atoms with van der Waals surface area (Å²) >= 11 is 0. The second kappa shape index (κ2) is 9.32. The van der Waals surface area contributed by atoms with Crippen molar-refractivity contribution < 1.29 is 4.79 Å². The predicted molar refractivity (Wildman–Crippen MR) is 103 cm³/mol. The molecular weight excluding hydrogens is 324 g/mol. The van der Waals surface area contributed by atoms with E-state index in [9.17, 15) is 4.79 Å². The molecular formula is C21H22N4O. The van der Waals surface area contributed by atoms with Crippen LogP contribution in [0.2, 0.25) is 0 Å². The summed E-state index contributed by atoms with van der Waals surface area (Å²) in [6.45, 7) is 1.27. The van der Waals surface area contributed by atoms with Gasteiger partial charge in [-0.2, -0.15) is 0 Å². The molecule has 0 saturated heterocycles. The molecule has 0 fully saturated rings. The Labute approximate surface area is 153 Å². The van der Waals surface area contributed by atoms with Crippen molar-refractivity contribution in [1.82, 2.24) is 15.3 Å². The number of aryl methyl sites for hydroxylation is 1. The summed E-state index contributed by atoms with van der Waals surface area (Å²) in [7, 11) is 0. The SMILES string of the molecule is O=C(NCCCc1ccccc1)c1cnc(NCc2ccccc2)nc1. The van der Waals surface area contributed by atoms with E-state index in [-0.39, 0.29) is 5.91 Å². The first-order valence-electron chi connectivity index (χ1n) is 8.73. The number of rotatable bonds is 8. The van der Waals surface area contributed by atoms with Gasteiger partial charge in [-0.15, -0.1) is 0 Å². The lowest BCUT2D eigenvalue weighted by molar-refractivity contribution is 0.0952. The molecule has 0 bridgehead atoms. The minimum atomic E-state index is -0.146. The predicted octanol–water partition coefficient (Wildman–Crippen LogP) is 3.45. The van der Waals surface area contributed by atoms with E-state index in [2.05, 4.69) is 32.7 Å². The average Bonchev–Trinajstić information content (AvgIpc) is 2.71.